The molecule has 0 spiro atoms. The first-order chi connectivity index (χ1) is 16.0. The number of ether oxygens (including phenoxy) is 1. The smallest absolute Gasteiger partial charge is 0.335 e. The predicted octanol–water partition coefficient (Wildman–Crippen LogP) is 4.78. The van der Waals surface area contributed by atoms with Crippen LogP contribution in [0.2, 0.25) is 0 Å². The Labute approximate surface area is 200 Å². The Bertz CT molecular complexity index is 1200. The molecule has 1 N–H and O–H groups in total. The van der Waals surface area contributed by atoms with E-state index in [0.717, 1.165) is 28.1 Å². The van der Waals surface area contributed by atoms with Gasteiger partial charge in [-0.3, -0.25) is 14.9 Å². The monoisotopic (exact) mass is 461 g/mol. The Morgan fingerprint density at radius 3 is 2.47 bits per heavy atom. The predicted molar refractivity (Wildman–Crippen MR) is 133 cm³/mol. The third-order valence-electron chi connectivity index (χ3n) is 6.83. The number of fused-ring (bicyclic) bond motifs is 1. The summed E-state index contributed by atoms with van der Waals surface area (Å²) in [6.07, 6.45) is 2.59. The van der Waals surface area contributed by atoms with E-state index in [4.69, 9.17) is 4.74 Å². The Hall–Kier alpha value is -3.61. The van der Waals surface area contributed by atoms with Crippen LogP contribution in [0.5, 0.6) is 5.75 Å². The summed E-state index contributed by atoms with van der Waals surface area (Å²) in [4.78, 5) is 41.8. The fraction of sp³-hybridized carbons (Fsp3) is 0.370. The maximum absolute atomic E-state index is 13.3. The lowest BCUT2D eigenvalue weighted by atomic mass is 9.79. The van der Waals surface area contributed by atoms with Crippen molar-refractivity contribution >= 4 is 35.3 Å². The van der Waals surface area contributed by atoms with Crippen LogP contribution in [0.4, 0.5) is 16.2 Å². The molecule has 1 fully saturated rings. The highest BCUT2D eigenvalue weighted by molar-refractivity contribution is 6.39. The molecule has 7 nitrogen and oxygen atoms in total. The molecule has 2 aromatic rings. The van der Waals surface area contributed by atoms with Crippen molar-refractivity contribution in [1.82, 2.24) is 5.32 Å². The maximum Gasteiger partial charge on any atom is 0.335 e. The second-order valence-electron chi connectivity index (χ2n) is 9.63. The molecule has 0 saturated carbocycles. The topological polar surface area (TPSA) is 79.0 Å². The summed E-state index contributed by atoms with van der Waals surface area (Å²) >= 11 is 0. The van der Waals surface area contributed by atoms with Crippen molar-refractivity contribution in [3.05, 3.63) is 58.7 Å². The van der Waals surface area contributed by atoms with Gasteiger partial charge in [0.05, 0.1) is 12.3 Å². The highest BCUT2D eigenvalue weighted by atomic mass is 16.5. The number of benzene rings is 2. The minimum absolute atomic E-state index is 0.0383. The fourth-order valence-electron chi connectivity index (χ4n) is 4.80. The van der Waals surface area contributed by atoms with E-state index in [1.807, 2.05) is 13.8 Å². The second kappa shape index (κ2) is 8.63. The van der Waals surface area contributed by atoms with Crippen molar-refractivity contribution < 1.29 is 19.1 Å². The Kier molecular flexibility index (Phi) is 5.98. The Morgan fingerprint density at radius 2 is 1.82 bits per heavy atom. The van der Waals surface area contributed by atoms with Crippen LogP contribution < -0.4 is 19.9 Å². The Morgan fingerprint density at radius 1 is 1.15 bits per heavy atom. The minimum atomic E-state index is -0.768. The van der Waals surface area contributed by atoms with Gasteiger partial charge in [-0.1, -0.05) is 6.92 Å². The van der Waals surface area contributed by atoms with Crippen LogP contribution in [-0.2, 0) is 9.59 Å². The number of nitrogens with zero attached hydrogens (tertiary/aromatic N) is 2. The van der Waals surface area contributed by atoms with Crippen LogP contribution in [0, 0.1) is 6.92 Å². The average molecular weight is 462 g/mol. The molecule has 2 heterocycles. The van der Waals surface area contributed by atoms with Gasteiger partial charge in [0.25, 0.3) is 11.8 Å². The number of amides is 4. The van der Waals surface area contributed by atoms with Gasteiger partial charge in [-0.05, 0) is 99.2 Å². The van der Waals surface area contributed by atoms with Crippen LogP contribution >= 0.6 is 0 Å². The van der Waals surface area contributed by atoms with E-state index < -0.39 is 17.8 Å². The quantitative estimate of drug-likeness (QED) is 0.524. The lowest BCUT2D eigenvalue weighted by molar-refractivity contribution is -0.122. The van der Waals surface area contributed by atoms with Gasteiger partial charge in [0.15, 0.2) is 0 Å². The van der Waals surface area contributed by atoms with Crippen molar-refractivity contribution in [2.24, 2.45) is 0 Å². The molecule has 34 heavy (non-hydrogen) atoms. The van der Waals surface area contributed by atoms with E-state index in [9.17, 15) is 14.4 Å². The fourth-order valence-corrected chi connectivity index (χ4v) is 4.80. The first kappa shape index (κ1) is 23.5. The zero-order valence-electron chi connectivity index (χ0n) is 20.6. The van der Waals surface area contributed by atoms with Crippen LogP contribution in [-0.4, -0.2) is 37.0 Å². The van der Waals surface area contributed by atoms with Gasteiger partial charge in [-0.15, -0.1) is 0 Å². The van der Waals surface area contributed by atoms with Crippen molar-refractivity contribution in [1.29, 1.82) is 0 Å². The van der Waals surface area contributed by atoms with E-state index in [1.165, 1.54) is 5.56 Å². The number of carbonyl (C=O) groups is 3. The highest BCUT2D eigenvalue weighted by Gasteiger charge is 2.38. The molecule has 0 bridgehead atoms. The molecule has 4 amide bonds. The molecular weight excluding hydrogens is 430 g/mol. The third-order valence-corrected chi connectivity index (χ3v) is 6.83. The minimum Gasteiger partial charge on any atom is -0.494 e. The summed E-state index contributed by atoms with van der Waals surface area (Å²) in [7, 11) is 2.10. The normalized spacial score (nSPS) is 20.9. The SMILES string of the molecule is CCOc1ccc(N2C(=O)NC(=O)/C(=C/c3cc4c(cc3C)N(C)C(C)(C)CC4C)C2=O)cc1. The molecule has 7 heteroatoms. The second-order valence-corrected chi connectivity index (χ2v) is 9.63. The number of hydrogen-bond donors (Lipinski definition) is 1. The van der Waals surface area contributed by atoms with Gasteiger partial charge >= 0.3 is 6.03 Å². The number of aryl methyl sites for hydroxylation is 1. The zero-order valence-corrected chi connectivity index (χ0v) is 20.6. The first-order valence-corrected chi connectivity index (χ1v) is 11.6. The van der Waals surface area contributed by atoms with E-state index in [-0.39, 0.29) is 11.1 Å². The maximum atomic E-state index is 13.3. The van der Waals surface area contributed by atoms with Crippen LogP contribution in [0.1, 0.15) is 56.7 Å². The number of anilines is 2. The zero-order chi connectivity index (χ0) is 24.8. The highest BCUT2D eigenvalue weighted by Crippen LogP contribution is 2.43. The third kappa shape index (κ3) is 4.06. The summed E-state index contributed by atoms with van der Waals surface area (Å²) in [6.45, 7) is 11.0. The molecule has 2 aliphatic heterocycles. The molecule has 2 aromatic carbocycles. The van der Waals surface area contributed by atoms with Crippen molar-refractivity contribution in [3.8, 4) is 5.75 Å². The van der Waals surface area contributed by atoms with Gasteiger partial charge in [0.2, 0.25) is 0 Å². The van der Waals surface area contributed by atoms with Crippen LogP contribution in [0.25, 0.3) is 6.08 Å². The summed E-state index contributed by atoms with van der Waals surface area (Å²) in [5.41, 5.74) is 4.41. The number of barbiturate groups is 1. The van der Waals surface area contributed by atoms with Gasteiger partial charge < -0.3 is 9.64 Å². The van der Waals surface area contributed by atoms with E-state index in [0.29, 0.717) is 24.0 Å². The molecule has 2 aliphatic rings. The number of nitrogens with one attached hydrogen (secondary N) is 1. The van der Waals surface area contributed by atoms with Gasteiger partial charge in [0, 0.05) is 18.3 Å². The van der Waals surface area contributed by atoms with Crippen molar-refractivity contribution in [3.63, 3.8) is 0 Å². The molecule has 1 unspecified atom stereocenters. The lowest BCUT2D eigenvalue weighted by Crippen LogP contribution is -2.54. The molecule has 1 saturated heterocycles. The van der Waals surface area contributed by atoms with Crippen LogP contribution in [0.15, 0.2) is 42.0 Å². The molecule has 0 radical (unpaired) electrons. The molecule has 1 atom stereocenters. The molecule has 4 rings (SSSR count). The van der Waals surface area contributed by atoms with Gasteiger partial charge in [0.1, 0.15) is 11.3 Å². The van der Waals surface area contributed by atoms with Gasteiger partial charge in [-0.2, -0.15) is 0 Å². The number of imide groups is 2. The lowest BCUT2D eigenvalue weighted by Gasteiger charge is -2.45. The van der Waals surface area contributed by atoms with Crippen molar-refractivity contribution in [2.45, 2.75) is 52.5 Å². The first-order valence-electron chi connectivity index (χ1n) is 11.6. The largest absolute Gasteiger partial charge is 0.494 e. The van der Waals surface area contributed by atoms with E-state index in [2.05, 4.69) is 50.2 Å². The number of rotatable bonds is 4. The summed E-state index contributed by atoms with van der Waals surface area (Å²) in [5, 5.41) is 2.30. The number of urea groups is 1. The average Bonchev–Trinajstić information content (AvgIpc) is 2.76. The number of carbonyl (C=O) groups excluding carboxylic acids is 3. The summed E-state index contributed by atoms with van der Waals surface area (Å²) in [5.74, 6) is -0.381. The number of hydrogen-bond acceptors (Lipinski definition) is 5. The van der Waals surface area contributed by atoms with E-state index in [1.54, 1.807) is 30.3 Å². The van der Waals surface area contributed by atoms with E-state index >= 15 is 0 Å². The molecule has 0 aromatic heterocycles. The molecular formula is C27H31N3O4. The molecule has 0 aliphatic carbocycles. The summed E-state index contributed by atoms with van der Waals surface area (Å²) in [6, 6.07) is 10.0. The summed E-state index contributed by atoms with van der Waals surface area (Å²) < 4.78 is 5.43. The van der Waals surface area contributed by atoms with Crippen molar-refractivity contribution in [2.75, 3.05) is 23.5 Å². The Balaban J connectivity index is 1.72. The van der Waals surface area contributed by atoms with Gasteiger partial charge in [-0.25, -0.2) is 9.69 Å². The van der Waals surface area contributed by atoms with Crippen LogP contribution in [0.3, 0.4) is 0 Å². The standard InChI is InChI=1S/C27H31N3O4/c1-7-34-20-10-8-19(9-11-20)30-25(32)22(24(31)28-26(30)33)14-18-13-21-17(3)15-27(4,5)29(6)23(21)12-16(18)2/h8-14,17H,7,15H2,1-6H3,(H,28,31,33)/b22-14-. The molecule has 178 valence electrons.